The van der Waals surface area contributed by atoms with Gasteiger partial charge in [0.1, 0.15) is 16.9 Å². The molecule has 0 N–H and O–H groups in total. The molecule has 9 rings (SSSR count). The van der Waals surface area contributed by atoms with Gasteiger partial charge in [0.15, 0.2) is 0 Å². The average Bonchev–Trinajstić information content (AvgIpc) is 3.67. The summed E-state index contributed by atoms with van der Waals surface area (Å²) in [6.45, 7) is 0. The molecule has 54 heavy (non-hydrogen) atoms. The Hall–Kier alpha value is -7.31. The number of para-hydroxylation sites is 1. The van der Waals surface area contributed by atoms with Gasteiger partial charge in [0.05, 0.1) is 5.69 Å². The van der Waals surface area contributed by atoms with E-state index in [1.165, 1.54) is 17.7 Å². The van der Waals surface area contributed by atoms with Crippen LogP contribution in [0.15, 0.2) is 206 Å². The molecule has 8 aromatic carbocycles. The van der Waals surface area contributed by atoms with E-state index in [0.29, 0.717) is 0 Å². The van der Waals surface area contributed by atoms with Crippen molar-refractivity contribution in [1.82, 2.24) is 15.0 Å². The molecule has 0 saturated heterocycles. The maximum Gasteiger partial charge on any atom is 0.123 e. The smallest absolute Gasteiger partial charge is 0.123 e. The SMILES string of the molecule is Fc1ccc(N(c2ccc(-c3ccccc3)cc2)c2ccc(-n3nc4ccc(N(c5ccccc5)c5cccc(-c6ccccc6)c5)cc4n3)cc2)cc1. The van der Waals surface area contributed by atoms with Crippen LogP contribution in [-0.2, 0) is 0 Å². The largest absolute Gasteiger partial charge is 0.310 e. The first kappa shape index (κ1) is 32.6. The van der Waals surface area contributed by atoms with E-state index >= 15 is 0 Å². The third kappa shape index (κ3) is 6.60. The standard InChI is InChI=1S/C48H34FN5/c49-39-21-25-42(26-22-39)52(41-23-19-37(20-24-41)35-11-4-1-5-12-35)43-27-29-44(30-28-43)54-50-47-32-31-46(34-48(47)51-54)53(40-16-8-3-9-17-40)45-18-10-15-38(33-45)36-13-6-2-7-14-36/h1-34H. The molecule has 258 valence electrons. The van der Waals surface area contributed by atoms with Crippen LogP contribution in [0.3, 0.4) is 0 Å². The summed E-state index contributed by atoms with van der Waals surface area (Å²) in [7, 11) is 0. The van der Waals surface area contributed by atoms with Gasteiger partial charge in [-0.2, -0.15) is 4.80 Å². The van der Waals surface area contributed by atoms with Crippen molar-refractivity contribution in [3.63, 3.8) is 0 Å². The second kappa shape index (κ2) is 14.4. The average molecular weight is 700 g/mol. The van der Waals surface area contributed by atoms with Gasteiger partial charge in [-0.05, 0) is 125 Å². The lowest BCUT2D eigenvalue weighted by atomic mass is 10.0. The lowest BCUT2D eigenvalue weighted by Gasteiger charge is -2.26. The Labute approximate surface area is 313 Å². The van der Waals surface area contributed by atoms with Crippen LogP contribution in [0, 0.1) is 5.82 Å². The first-order chi connectivity index (χ1) is 26.7. The Balaban J connectivity index is 1.04. The highest BCUT2D eigenvalue weighted by Gasteiger charge is 2.17. The topological polar surface area (TPSA) is 37.2 Å². The molecule has 0 aliphatic rings. The van der Waals surface area contributed by atoms with Crippen LogP contribution < -0.4 is 9.80 Å². The fourth-order valence-electron chi connectivity index (χ4n) is 6.84. The van der Waals surface area contributed by atoms with Gasteiger partial charge in [0, 0.05) is 34.1 Å². The quantitative estimate of drug-likeness (QED) is 0.150. The van der Waals surface area contributed by atoms with E-state index in [2.05, 4.69) is 131 Å². The van der Waals surface area contributed by atoms with Crippen molar-refractivity contribution in [2.75, 3.05) is 9.80 Å². The predicted octanol–water partition coefficient (Wildman–Crippen LogP) is 12.8. The van der Waals surface area contributed by atoms with Gasteiger partial charge in [-0.1, -0.05) is 103 Å². The summed E-state index contributed by atoms with van der Waals surface area (Å²) < 4.78 is 14.0. The van der Waals surface area contributed by atoms with Gasteiger partial charge >= 0.3 is 0 Å². The molecule has 0 unspecified atom stereocenters. The summed E-state index contributed by atoms with van der Waals surface area (Å²) in [5.74, 6) is -0.277. The molecule has 6 heteroatoms. The third-order valence-corrected chi connectivity index (χ3v) is 9.50. The Kier molecular flexibility index (Phi) is 8.67. The molecule has 0 spiro atoms. The lowest BCUT2D eigenvalue weighted by molar-refractivity contribution is 0.628. The first-order valence-corrected chi connectivity index (χ1v) is 17.9. The summed E-state index contributed by atoms with van der Waals surface area (Å²) in [6.07, 6.45) is 0. The Morgan fingerprint density at radius 3 is 1.41 bits per heavy atom. The number of halogens is 1. The van der Waals surface area contributed by atoms with Crippen LogP contribution in [0.25, 0.3) is 39.0 Å². The van der Waals surface area contributed by atoms with E-state index in [4.69, 9.17) is 10.2 Å². The highest BCUT2D eigenvalue weighted by molar-refractivity contribution is 5.86. The molecule has 0 atom stereocenters. The number of rotatable bonds is 9. The monoisotopic (exact) mass is 699 g/mol. The number of hydrogen-bond acceptors (Lipinski definition) is 4. The Bertz CT molecular complexity index is 2640. The van der Waals surface area contributed by atoms with E-state index in [9.17, 15) is 4.39 Å². The first-order valence-electron chi connectivity index (χ1n) is 17.9. The maximum absolute atomic E-state index is 14.0. The summed E-state index contributed by atoms with van der Waals surface area (Å²) in [5, 5.41) is 9.79. The Morgan fingerprint density at radius 1 is 0.333 bits per heavy atom. The van der Waals surface area contributed by atoms with E-state index < -0.39 is 0 Å². The zero-order valence-corrected chi connectivity index (χ0v) is 29.2. The molecule has 5 nitrogen and oxygen atoms in total. The van der Waals surface area contributed by atoms with Gasteiger partial charge in [0.25, 0.3) is 0 Å². The third-order valence-electron chi connectivity index (χ3n) is 9.50. The van der Waals surface area contributed by atoms with Crippen molar-refractivity contribution in [2.24, 2.45) is 0 Å². The number of anilines is 6. The van der Waals surface area contributed by atoms with Gasteiger partial charge in [0.2, 0.25) is 0 Å². The van der Waals surface area contributed by atoms with E-state index in [-0.39, 0.29) is 5.82 Å². The van der Waals surface area contributed by atoms with Crippen molar-refractivity contribution in [1.29, 1.82) is 0 Å². The van der Waals surface area contributed by atoms with Crippen LogP contribution >= 0.6 is 0 Å². The zero-order valence-electron chi connectivity index (χ0n) is 29.2. The van der Waals surface area contributed by atoms with Gasteiger partial charge in [-0.3, -0.25) is 0 Å². The molecule has 0 saturated carbocycles. The predicted molar refractivity (Wildman–Crippen MR) is 219 cm³/mol. The number of aromatic nitrogens is 3. The van der Waals surface area contributed by atoms with E-state index in [1.54, 1.807) is 16.9 Å². The minimum absolute atomic E-state index is 0.277. The van der Waals surface area contributed by atoms with Crippen molar-refractivity contribution >= 4 is 45.2 Å². The van der Waals surface area contributed by atoms with Gasteiger partial charge < -0.3 is 9.80 Å². The van der Waals surface area contributed by atoms with Crippen molar-refractivity contribution in [3.05, 3.63) is 212 Å². The van der Waals surface area contributed by atoms with Crippen molar-refractivity contribution < 1.29 is 4.39 Å². The van der Waals surface area contributed by atoms with Gasteiger partial charge in [-0.15, -0.1) is 10.2 Å². The Morgan fingerprint density at radius 2 is 0.759 bits per heavy atom. The van der Waals surface area contributed by atoms with Crippen LogP contribution in [0.4, 0.5) is 38.5 Å². The molecular weight excluding hydrogens is 666 g/mol. The summed E-state index contributed by atoms with van der Waals surface area (Å²) >= 11 is 0. The molecule has 9 aromatic rings. The number of nitrogens with zero attached hydrogens (tertiary/aromatic N) is 5. The summed E-state index contributed by atoms with van der Waals surface area (Å²) in [5.41, 5.74) is 12.8. The summed E-state index contributed by atoms with van der Waals surface area (Å²) in [6, 6.07) is 69.0. The molecule has 0 amide bonds. The second-order valence-electron chi connectivity index (χ2n) is 13.0. The van der Waals surface area contributed by atoms with Crippen molar-refractivity contribution in [2.45, 2.75) is 0 Å². The van der Waals surface area contributed by atoms with Crippen LogP contribution in [-0.4, -0.2) is 15.0 Å². The lowest BCUT2D eigenvalue weighted by Crippen LogP contribution is -2.10. The molecule has 0 bridgehead atoms. The molecular formula is C48H34FN5. The minimum Gasteiger partial charge on any atom is -0.310 e. The van der Waals surface area contributed by atoms with Crippen LogP contribution in [0.1, 0.15) is 0 Å². The highest BCUT2D eigenvalue weighted by atomic mass is 19.1. The molecule has 0 aliphatic heterocycles. The highest BCUT2D eigenvalue weighted by Crippen LogP contribution is 2.38. The molecule has 1 aromatic heterocycles. The molecule has 0 fully saturated rings. The molecule has 0 radical (unpaired) electrons. The minimum atomic E-state index is -0.277. The molecule has 1 heterocycles. The van der Waals surface area contributed by atoms with Crippen LogP contribution in [0.2, 0.25) is 0 Å². The summed E-state index contributed by atoms with van der Waals surface area (Å²) in [4.78, 5) is 6.04. The van der Waals surface area contributed by atoms with E-state index in [1.807, 2.05) is 60.7 Å². The normalized spacial score (nSPS) is 11.1. The van der Waals surface area contributed by atoms with Gasteiger partial charge in [-0.25, -0.2) is 4.39 Å². The number of fused-ring (bicyclic) bond motifs is 1. The number of hydrogen-bond donors (Lipinski definition) is 0. The maximum atomic E-state index is 14.0. The van der Waals surface area contributed by atoms with Crippen LogP contribution in [0.5, 0.6) is 0 Å². The fourth-order valence-corrected chi connectivity index (χ4v) is 6.84. The van der Waals surface area contributed by atoms with E-state index in [0.717, 1.165) is 67.5 Å². The second-order valence-corrected chi connectivity index (χ2v) is 13.0. The molecule has 0 aliphatic carbocycles. The zero-order chi connectivity index (χ0) is 36.3. The number of benzene rings is 8. The van der Waals surface area contributed by atoms with Crippen molar-refractivity contribution in [3.8, 4) is 27.9 Å². The fraction of sp³-hybridized carbons (Fsp3) is 0.